The van der Waals surface area contributed by atoms with E-state index in [0.29, 0.717) is 82.4 Å². The number of amides is 2. The maximum atomic E-state index is 13.0. The zero-order valence-corrected chi connectivity index (χ0v) is 42.5. The molecule has 70 heavy (non-hydrogen) atoms. The Kier molecular flexibility index (Phi) is 17.3. The standard InChI is InChI=1S/C29H32Cl2N8O.C21H25Cl2N7/c1-19-7-9-21(10-8-19)34-29(40)37-27-22(25-23(30)5-3-6-24(25)31)17-20-18-33-28(36-26(20)35-27)32-11-4-12-39-15-13-38(2)14-16-39;1-29-8-10-30(11-9-29)7-3-6-25-21-26-13-14-12-15(19(24)27-20(14)28-21)18-16(22)4-2-5-17(18)23/h3,5-10,17-18H,4,11-16H2,1-2H3,(H3,32,33,34,35,36,37,40);2,4-5,12-13H,3,6-11H2,1H3,(H3,24,25,26,27,28). The van der Waals surface area contributed by atoms with Gasteiger partial charge in [0, 0.05) is 117 Å². The maximum Gasteiger partial charge on any atom is 0.324 e. The Hall–Kier alpha value is -5.69. The van der Waals surface area contributed by atoms with Crippen LogP contribution in [0.3, 0.4) is 0 Å². The van der Waals surface area contributed by atoms with Gasteiger partial charge in [-0.2, -0.15) is 9.97 Å². The first-order chi connectivity index (χ1) is 33.9. The number of aromatic nitrogens is 6. The average Bonchev–Trinajstić information content (AvgIpc) is 3.34. The zero-order valence-electron chi connectivity index (χ0n) is 39.5. The van der Waals surface area contributed by atoms with E-state index in [0.717, 1.165) is 102 Å². The second-order valence-electron chi connectivity index (χ2n) is 17.5. The third-order valence-electron chi connectivity index (χ3n) is 12.2. The number of pyridine rings is 2. The minimum Gasteiger partial charge on any atom is -0.383 e. The Morgan fingerprint density at radius 1 is 0.600 bits per heavy atom. The van der Waals surface area contributed by atoms with Crippen molar-refractivity contribution in [2.45, 2.75) is 19.8 Å². The quantitative estimate of drug-likeness (QED) is 0.0650. The summed E-state index contributed by atoms with van der Waals surface area (Å²) < 4.78 is 0. The predicted octanol–water partition coefficient (Wildman–Crippen LogP) is 9.63. The number of carbonyl (C=O) groups excluding carboxylic acids is 1. The lowest BCUT2D eigenvalue weighted by atomic mass is 10.0. The van der Waals surface area contributed by atoms with Crippen molar-refractivity contribution in [2.75, 3.05) is 120 Å². The molecule has 366 valence electrons. The number of hydrogen-bond acceptors (Lipinski definition) is 14. The Morgan fingerprint density at radius 3 is 1.56 bits per heavy atom. The molecule has 6 heterocycles. The SMILES string of the molecule is CN1CCN(CCCNc2ncc3cc(-c4c(Cl)cccc4Cl)c(N)nc3n2)CC1.Cc1ccc(NC(=O)Nc2nc3nc(NCCCN4CCN(C)CC4)ncc3cc2-c2c(Cl)cccc2Cl)cc1. The smallest absolute Gasteiger partial charge is 0.324 e. The van der Waals surface area contributed by atoms with Crippen LogP contribution in [0, 0.1) is 6.92 Å². The molecular formula is C50H57Cl4N15O. The minimum atomic E-state index is -0.448. The van der Waals surface area contributed by atoms with Gasteiger partial charge >= 0.3 is 6.03 Å². The molecule has 0 aliphatic carbocycles. The molecule has 0 spiro atoms. The molecule has 4 aromatic heterocycles. The summed E-state index contributed by atoms with van der Waals surface area (Å²) in [5, 5.41) is 15.7. The average molecular weight is 1030 g/mol. The Balaban J connectivity index is 0.000000196. The summed E-state index contributed by atoms with van der Waals surface area (Å²) in [6.07, 6.45) is 5.47. The first-order valence-electron chi connectivity index (χ1n) is 23.3. The molecule has 2 saturated heterocycles. The number of nitrogens with two attached hydrogens (primary N) is 1. The first kappa shape index (κ1) is 50.7. The van der Waals surface area contributed by atoms with E-state index in [1.807, 2.05) is 43.3 Å². The molecule has 3 aromatic carbocycles. The molecule has 0 unspecified atom stereocenters. The van der Waals surface area contributed by atoms with Crippen molar-refractivity contribution in [3.05, 3.63) is 111 Å². The van der Waals surface area contributed by atoms with Crippen LogP contribution in [0.1, 0.15) is 18.4 Å². The summed E-state index contributed by atoms with van der Waals surface area (Å²) in [6.45, 7) is 14.6. The fourth-order valence-corrected chi connectivity index (χ4v) is 9.37. The van der Waals surface area contributed by atoms with Crippen molar-refractivity contribution >= 4 is 104 Å². The molecule has 0 radical (unpaired) electrons. The minimum absolute atomic E-state index is 0.284. The first-order valence-corrected chi connectivity index (χ1v) is 24.8. The molecule has 9 rings (SSSR count). The fourth-order valence-electron chi connectivity index (χ4n) is 8.16. The van der Waals surface area contributed by atoms with Gasteiger partial charge in [0.15, 0.2) is 11.3 Å². The van der Waals surface area contributed by atoms with E-state index in [1.54, 1.807) is 48.8 Å². The van der Waals surface area contributed by atoms with Gasteiger partial charge in [-0.15, -0.1) is 0 Å². The zero-order chi connectivity index (χ0) is 49.1. The van der Waals surface area contributed by atoms with Crippen molar-refractivity contribution in [3.8, 4) is 22.3 Å². The van der Waals surface area contributed by atoms with Crippen LogP contribution in [0.2, 0.25) is 20.1 Å². The number of anilines is 5. The topological polar surface area (TPSA) is 182 Å². The number of nitrogens with zero attached hydrogens (tertiary/aromatic N) is 10. The highest BCUT2D eigenvalue weighted by Crippen LogP contribution is 2.40. The number of carbonyl (C=O) groups is 1. The third kappa shape index (κ3) is 13.4. The Bertz CT molecular complexity index is 2870. The molecule has 2 amide bonds. The van der Waals surface area contributed by atoms with Gasteiger partial charge in [0.2, 0.25) is 11.9 Å². The normalized spacial score (nSPS) is 14.8. The van der Waals surface area contributed by atoms with Crippen molar-refractivity contribution < 1.29 is 4.79 Å². The highest BCUT2D eigenvalue weighted by molar-refractivity contribution is 6.40. The molecule has 7 aromatic rings. The van der Waals surface area contributed by atoms with Crippen LogP contribution >= 0.6 is 46.4 Å². The highest BCUT2D eigenvalue weighted by Gasteiger charge is 2.20. The number of nitrogens with one attached hydrogen (secondary N) is 4. The van der Waals surface area contributed by atoms with Crippen LogP contribution in [0.15, 0.2) is 85.2 Å². The third-order valence-corrected chi connectivity index (χ3v) is 13.5. The summed E-state index contributed by atoms with van der Waals surface area (Å²) >= 11 is 25.7. The number of halogens is 4. The molecule has 0 saturated carbocycles. The molecule has 0 atom stereocenters. The number of hydrogen-bond donors (Lipinski definition) is 5. The molecule has 16 nitrogen and oxygen atoms in total. The van der Waals surface area contributed by atoms with Gasteiger partial charge in [0.1, 0.15) is 11.6 Å². The van der Waals surface area contributed by atoms with Crippen LogP contribution in [0.4, 0.5) is 34.0 Å². The maximum absolute atomic E-state index is 13.0. The second-order valence-corrected chi connectivity index (χ2v) is 19.1. The molecule has 20 heteroatoms. The number of likely N-dealkylation sites (N-methyl/N-ethyl adjacent to an activating group) is 2. The van der Waals surface area contributed by atoms with Gasteiger partial charge in [-0.1, -0.05) is 76.2 Å². The van der Waals surface area contributed by atoms with Crippen LogP contribution in [-0.4, -0.2) is 148 Å². The second kappa shape index (κ2) is 23.9. The number of rotatable bonds is 14. The van der Waals surface area contributed by atoms with E-state index in [-0.39, 0.29) is 5.82 Å². The van der Waals surface area contributed by atoms with Crippen molar-refractivity contribution in [2.24, 2.45) is 0 Å². The summed E-state index contributed by atoms with van der Waals surface area (Å²) in [7, 11) is 4.33. The van der Waals surface area contributed by atoms with Gasteiger partial charge in [-0.25, -0.2) is 24.7 Å². The van der Waals surface area contributed by atoms with E-state index in [4.69, 9.17) is 57.1 Å². The largest absolute Gasteiger partial charge is 0.383 e. The summed E-state index contributed by atoms with van der Waals surface area (Å²) in [6, 6.07) is 21.4. The highest BCUT2D eigenvalue weighted by atomic mass is 35.5. The lowest BCUT2D eigenvalue weighted by molar-refractivity contribution is 0.154. The number of piperazine rings is 2. The van der Waals surface area contributed by atoms with Crippen LogP contribution < -0.4 is 27.0 Å². The molecule has 2 fully saturated rings. The number of urea groups is 1. The van der Waals surface area contributed by atoms with Crippen LogP contribution in [-0.2, 0) is 0 Å². The van der Waals surface area contributed by atoms with Gasteiger partial charge in [-0.3, -0.25) is 5.32 Å². The van der Waals surface area contributed by atoms with Gasteiger partial charge in [0.25, 0.3) is 0 Å². The van der Waals surface area contributed by atoms with Crippen molar-refractivity contribution in [1.29, 1.82) is 0 Å². The summed E-state index contributed by atoms with van der Waals surface area (Å²) in [5.41, 5.74) is 11.4. The number of nitrogen functional groups attached to an aromatic ring is 1. The predicted molar refractivity (Wildman–Crippen MR) is 288 cm³/mol. The number of aryl methyl sites for hydroxylation is 1. The lowest BCUT2D eigenvalue weighted by Gasteiger charge is -2.32. The van der Waals surface area contributed by atoms with Crippen molar-refractivity contribution in [3.63, 3.8) is 0 Å². The van der Waals surface area contributed by atoms with Crippen LogP contribution in [0.25, 0.3) is 44.3 Å². The van der Waals surface area contributed by atoms with Gasteiger partial charge in [0.05, 0.1) is 20.1 Å². The number of benzene rings is 3. The molecular weight excluding hydrogens is 968 g/mol. The molecule has 2 aliphatic rings. The van der Waals surface area contributed by atoms with E-state index >= 15 is 0 Å². The molecule has 0 bridgehead atoms. The number of fused-ring (bicyclic) bond motifs is 2. The van der Waals surface area contributed by atoms with Crippen molar-refractivity contribution in [1.82, 2.24) is 49.5 Å². The van der Waals surface area contributed by atoms with E-state index in [2.05, 4.69) is 79.9 Å². The fraction of sp³-hybridized carbons (Fsp3) is 0.340. The monoisotopic (exact) mass is 1020 g/mol. The Morgan fingerprint density at radius 2 is 1.06 bits per heavy atom. The Labute approximate surface area is 428 Å². The van der Waals surface area contributed by atoms with Gasteiger partial charge < -0.3 is 41.3 Å². The summed E-state index contributed by atoms with van der Waals surface area (Å²) in [4.78, 5) is 49.9. The molecule has 2 aliphatic heterocycles. The lowest BCUT2D eigenvalue weighted by Crippen LogP contribution is -2.44. The van der Waals surface area contributed by atoms with E-state index < -0.39 is 6.03 Å². The van der Waals surface area contributed by atoms with E-state index in [1.165, 1.54) is 0 Å². The van der Waals surface area contributed by atoms with E-state index in [9.17, 15) is 4.79 Å². The van der Waals surface area contributed by atoms with Gasteiger partial charge in [-0.05, 0) is 95.5 Å². The molecule has 6 N–H and O–H groups in total. The van der Waals surface area contributed by atoms with Crippen LogP contribution in [0.5, 0.6) is 0 Å². The summed E-state index contributed by atoms with van der Waals surface area (Å²) in [5.74, 6) is 1.65.